The monoisotopic (exact) mass is 248 g/mol. The predicted molar refractivity (Wildman–Crippen MR) is 64.6 cm³/mol. The molecule has 1 N–H and O–H groups in total. The summed E-state index contributed by atoms with van der Waals surface area (Å²) in [5.74, 6) is 2.25. The molecule has 6 heteroatoms. The first-order valence-corrected chi connectivity index (χ1v) is 5.79. The van der Waals surface area contributed by atoms with Crippen LogP contribution in [-0.2, 0) is 17.8 Å². The number of aryl methyl sites for hydroxylation is 2. The Morgan fingerprint density at radius 1 is 1.56 bits per heavy atom. The molecule has 0 saturated heterocycles. The van der Waals surface area contributed by atoms with Gasteiger partial charge in [0, 0.05) is 19.9 Å². The number of hydrogen-bond donors (Lipinski definition) is 1. The van der Waals surface area contributed by atoms with Crippen molar-refractivity contribution in [1.29, 1.82) is 0 Å². The van der Waals surface area contributed by atoms with E-state index in [1.807, 2.05) is 19.1 Å². The number of aromatic amines is 1. The highest BCUT2D eigenvalue weighted by Crippen LogP contribution is 2.06. The molecule has 0 bridgehead atoms. The molecule has 2 aromatic heterocycles. The van der Waals surface area contributed by atoms with E-state index in [9.17, 15) is 4.79 Å². The van der Waals surface area contributed by atoms with Crippen molar-refractivity contribution in [2.24, 2.45) is 0 Å². The van der Waals surface area contributed by atoms with E-state index in [0.29, 0.717) is 25.2 Å². The Kier molecular flexibility index (Phi) is 3.76. The van der Waals surface area contributed by atoms with E-state index in [-0.39, 0.29) is 5.91 Å². The number of amides is 1. The van der Waals surface area contributed by atoms with Crippen LogP contribution in [0.25, 0.3) is 0 Å². The van der Waals surface area contributed by atoms with Crippen molar-refractivity contribution >= 4 is 5.91 Å². The number of nitrogens with one attached hydrogen (secondary N) is 1. The second-order valence-corrected chi connectivity index (χ2v) is 4.17. The van der Waals surface area contributed by atoms with Crippen molar-refractivity contribution in [1.82, 2.24) is 20.1 Å². The third-order valence-corrected chi connectivity index (χ3v) is 2.61. The summed E-state index contributed by atoms with van der Waals surface area (Å²) in [5.41, 5.74) is 0. The number of carbonyl (C=O) groups excluding carboxylic acids is 1. The number of nitrogens with zero attached hydrogens (tertiary/aromatic N) is 3. The lowest BCUT2D eigenvalue weighted by molar-refractivity contribution is -0.130. The first kappa shape index (κ1) is 12.3. The van der Waals surface area contributed by atoms with Crippen molar-refractivity contribution < 1.29 is 9.21 Å². The minimum Gasteiger partial charge on any atom is -0.469 e. The number of rotatable bonds is 5. The van der Waals surface area contributed by atoms with Crippen LogP contribution in [0.1, 0.15) is 23.8 Å². The fourth-order valence-corrected chi connectivity index (χ4v) is 1.64. The first-order chi connectivity index (χ1) is 8.65. The predicted octanol–water partition coefficient (Wildman–Crippen LogP) is 1.30. The van der Waals surface area contributed by atoms with Gasteiger partial charge in [-0.1, -0.05) is 0 Å². The van der Waals surface area contributed by atoms with Gasteiger partial charge in [0.05, 0.1) is 12.8 Å². The van der Waals surface area contributed by atoms with Crippen LogP contribution in [0.3, 0.4) is 0 Å². The maximum atomic E-state index is 11.9. The molecule has 96 valence electrons. The van der Waals surface area contributed by atoms with Gasteiger partial charge in [-0.05, 0) is 19.1 Å². The Bertz CT molecular complexity index is 504. The van der Waals surface area contributed by atoms with Gasteiger partial charge in [-0.15, -0.1) is 0 Å². The molecule has 18 heavy (non-hydrogen) atoms. The quantitative estimate of drug-likeness (QED) is 0.865. The molecule has 2 rings (SSSR count). The molecule has 0 spiro atoms. The van der Waals surface area contributed by atoms with Gasteiger partial charge in [0.2, 0.25) is 5.91 Å². The molecule has 0 aromatic carbocycles. The Morgan fingerprint density at radius 2 is 2.39 bits per heavy atom. The average Bonchev–Trinajstić information content (AvgIpc) is 2.97. The molecule has 0 aliphatic heterocycles. The Morgan fingerprint density at radius 3 is 3.00 bits per heavy atom. The maximum Gasteiger partial charge on any atom is 0.223 e. The molecule has 1 amide bonds. The van der Waals surface area contributed by atoms with Gasteiger partial charge >= 0.3 is 0 Å². The summed E-state index contributed by atoms with van der Waals surface area (Å²) in [6.07, 6.45) is 2.65. The van der Waals surface area contributed by atoms with Crippen LogP contribution in [-0.4, -0.2) is 33.0 Å². The highest BCUT2D eigenvalue weighted by Gasteiger charge is 2.12. The van der Waals surface area contributed by atoms with Crippen molar-refractivity contribution in [2.75, 3.05) is 7.05 Å². The minimum absolute atomic E-state index is 0.0499. The summed E-state index contributed by atoms with van der Waals surface area (Å²) >= 11 is 0. The zero-order valence-corrected chi connectivity index (χ0v) is 10.5. The van der Waals surface area contributed by atoms with Crippen LogP contribution in [0, 0.1) is 6.92 Å². The highest BCUT2D eigenvalue weighted by molar-refractivity contribution is 5.75. The molecule has 2 aromatic rings. The summed E-state index contributed by atoms with van der Waals surface area (Å²) in [6, 6.07) is 3.69. The number of furan rings is 1. The summed E-state index contributed by atoms with van der Waals surface area (Å²) < 4.78 is 5.18. The van der Waals surface area contributed by atoms with E-state index in [1.54, 1.807) is 18.2 Å². The van der Waals surface area contributed by atoms with E-state index in [1.165, 1.54) is 0 Å². The molecule has 0 saturated carbocycles. The van der Waals surface area contributed by atoms with Crippen molar-refractivity contribution in [2.45, 2.75) is 26.3 Å². The van der Waals surface area contributed by atoms with Crippen LogP contribution >= 0.6 is 0 Å². The Hall–Kier alpha value is -2.11. The molecule has 0 unspecified atom stereocenters. The maximum absolute atomic E-state index is 11.9. The van der Waals surface area contributed by atoms with Gasteiger partial charge in [-0.3, -0.25) is 9.89 Å². The van der Waals surface area contributed by atoms with Gasteiger partial charge in [0.15, 0.2) is 5.82 Å². The minimum atomic E-state index is 0.0499. The number of hydrogen-bond acceptors (Lipinski definition) is 4. The fourth-order valence-electron chi connectivity index (χ4n) is 1.64. The third kappa shape index (κ3) is 3.19. The molecule has 0 atom stereocenters. The summed E-state index contributed by atoms with van der Waals surface area (Å²) in [5, 5.41) is 6.75. The van der Waals surface area contributed by atoms with E-state index < -0.39 is 0 Å². The SMILES string of the molecule is Cc1nc(CN(C)C(=O)CCc2ccco2)n[nH]1. The van der Waals surface area contributed by atoms with Crippen LogP contribution in [0.15, 0.2) is 22.8 Å². The first-order valence-electron chi connectivity index (χ1n) is 5.79. The fraction of sp³-hybridized carbons (Fsp3) is 0.417. The number of aromatic nitrogens is 3. The average molecular weight is 248 g/mol. The molecular weight excluding hydrogens is 232 g/mol. The van der Waals surface area contributed by atoms with Gasteiger partial charge in [0.25, 0.3) is 0 Å². The number of H-pyrrole nitrogens is 1. The third-order valence-electron chi connectivity index (χ3n) is 2.61. The second kappa shape index (κ2) is 5.48. The van der Waals surface area contributed by atoms with Gasteiger partial charge in [0.1, 0.15) is 11.6 Å². The van der Waals surface area contributed by atoms with Gasteiger partial charge < -0.3 is 9.32 Å². The van der Waals surface area contributed by atoms with E-state index in [2.05, 4.69) is 15.2 Å². The second-order valence-electron chi connectivity index (χ2n) is 4.17. The highest BCUT2D eigenvalue weighted by atomic mass is 16.3. The zero-order valence-electron chi connectivity index (χ0n) is 10.5. The van der Waals surface area contributed by atoms with Crippen LogP contribution in [0.5, 0.6) is 0 Å². The normalized spacial score (nSPS) is 10.6. The summed E-state index contributed by atoms with van der Waals surface area (Å²) in [4.78, 5) is 17.6. The Labute approximate surface area is 105 Å². The largest absolute Gasteiger partial charge is 0.469 e. The molecule has 0 aliphatic carbocycles. The van der Waals surface area contributed by atoms with Crippen LogP contribution < -0.4 is 0 Å². The number of carbonyl (C=O) groups is 1. The summed E-state index contributed by atoms with van der Waals surface area (Å²) in [6.45, 7) is 2.25. The summed E-state index contributed by atoms with van der Waals surface area (Å²) in [7, 11) is 1.75. The lowest BCUT2D eigenvalue weighted by Crippen LogP contribution is -2.26. The van der Waals surface area contributed by atoms with Crippen molar-refractivity contribution in [3.8, 4) is 0 Å². The van der Waals surface area contributed by atoms with Crippen LogP contribution in [0.2, 0.25) is 0 Å². The molecule has 2 heterocycles. The molecule has 6 nitrogen and oxygen atoms in total. The smallest absolute Gasteiger partial charge is 0.223 e. The molecule has 0 fully saturated rings. The van der Waals surface area contributed by atoms with Crippen LogP contribution in [0.4, 0.5) is 0 Å². The lowest BCUT2D eigenvalue weighted by Gasteiger charge is -2.14. The van der Waals surface area contributed by atoms with Crippen molar-refractivity contribution in [3.05, 3.63) is 35.8 Å². The Balaban J connectivity index is 1.81. The zero-order chi connectivity index (χ0) is 13.0. The van der Waals surface area contributed by atoms with E-state index in [0.717, 1.165) is 11.6 Å². The van der Waals surface area contributed by atoms with E-state index >= 15 is 0 Å². The standard InChI is InChI=1S/C12H16N4O2/c1-9-13-11(15-14-9)8-16(2)12(17)6-5-10-4-3-7-18-10/h3-4,7H,5-6,8H2,1-2H3,(H,13,14,15). The van der Waals surface area contributed by atoms with Crippen molar-refractivity contribution in [3.63, 3.8) is 0 Å². The lowest BCUT2D eigenvalue weighted by atomic mass is 10.2. The van der Waals surface area contributed by atoms with Gasteiger partial charge in [-0.2, -0.15) is 5.10 Å². The molecule has 0 aliphatic rings. The molecule has 0 radical (unpaired) electrons. The van der Waals surface area contributed by atoms with Gasteiger partial charge in [-0.25, -0.2) is 4.98 Å². The topological polar surface area (TPSA) is 75.0 Å². The molecular formula is C12H16N4O2. The van der Waals surface area contributed by atoms with E-state index in [4.69, 9.17) is 4.42 Å².